The number of benzene rings is 2. The average molecular weight is 494 g/mol. The van der Waals surface area contributed by atoms with Crippen LogP contribution in [0.1, 0.15) is 30.5 Å². The Morgan fingerprint density at radius 2 is 1.06 bits per heavy atom. The minimum absolute atomic E-state index is 0.165. The van der Waals surface area contributed by atoms with E-state index in [4.69, 9.17) is 0 Å². The quantitative estimate of drug-likeness (QED) is 0.113. The number of thiophene rings is 3. The summed E-state index contributed by atoms with van der Waals surface area (Å²) in [6.45, 7) is 0. The second-order valence-corrected chi connectivity index (χ2v) is 9.87. The number of hydrogen-bond donors (Lipinski definition) is 0. The number of ketones is 2. The van der Waals surface area contributed by atoms with E-state index in [9.17, 15) is 31.5 Å². The number of rotatable bonds is 4. The smallest absolute Gasteiger partial charge is 0.209 e. The first-order valence-electron chi connectivity index (χ1n) is 8.89. The van der Waals surface area contributed by atoms with E-state index in [1.165, 1.54) is 28.7 Å². The number of carbonyl (C=O) groups is 2. The van der Waals surface area contributed by atoms with Gasteiger partial charge in [-0.25, -0.2) is 22.0 Å². The Bertz CT molecular complexity index is 1530. The first kappa shape index (κ1) is 20.9. The second kappa shape index (κ2) is 7.58. The number of halogens is 5. The fraction of sp³-hybridized carbons (Fsp3) is 0. The largest absolute Gasteiger partial charge is 0.288 e. The second-order valence-electron chi connectivity index (χ2n) is 6.68. The molecule has 0 saturated heterocycles. The molecule has 0 spiro atoms. The lowest BCUT2D eigenvalue weighted by atomic mass is 10.1. The number of fused-ring (bicyclic) bond motifs is 3. The maximum atomic E-state index is 14.1. The molecule has 3 aromatic heterocycles. The van der Waals surface area contributed by atoms with Gasteiger partial charge in [-0.1, -0.05) is 30.3 Å². The molecular weight excluding hydrogens is 487 g/mol. The number of carbonyl (C=O) groups excluding carboxylic acids is 2. The summed E-state index contributed by atoms with van der Waals surface area (Å²) in [4.78, 5) is 25.6. The van der Waals surface area contributed by atoms with E-state index in [1.807, 2.05) is 0 Å². The lowest BCUT2D eigenvalue weighted by Gasteiger charge is -2.06. The summed E-state index contributed by atoms with van der Waals surface area (Å²) >= 11 is 3.36. The minimum Gasteiger partial charge on any atom is -0.288 e. The van der Waals surface area contributed by atoms with Crippen LogP contribution in [0.15, 0.2) is 42.5 Å². The predicted molar refractivity (Wildman–Crippen MR) is 115 cm³/mol. The van der Waals surface area contributed by atoms with E-state index in [-0.39, 0.29) is 10.7 Å². The Hall–Kier alpha value is -2.95. The third-order valence-electron chi connectivity index (χ3n) is 4.74. The van der Waals surface area contributed by atoms with Gasteiger partial charge >= 0.3 is 0 Å². The average Bonchev–Trinajstić information content (AvgIpc) is 3.47. The van der Waals surface area contributed by atoms with Crippen molar-refractivity contribution in [1.29, 1.82) is 0 Å². The fourth-order valence-corrected chi connectivity index (χ4v) is 7.15. The summed E-state index contributed by atoms with van der Waals surface area (Å²) in [6, 6.07) is 11.8. The molecule has 32 heavy (non-hydrogen) atoms. The van der Waals surface area contributed by atoms with Crippen LogP contribution in [0.5, 0.6) is 0 Å². The Morgan fingerprint density at radius 3 is 1.59 bits per heavy atom. The van der Waals surface area contributed by atoms with Crippen LogP contribution in [0, 0.1) is 29.1 Å². The molecule has 0 amide bonds. The van der Waals surface area contributed by atoms with Gasteiger partial charge in [0.25, 0.3) is 0 Å². The molecule has 0 bridgehead atoms. The first-order valence-corrected chi connectivity index (χ1v) is 11.3. The van der Waals surface area contributed by atoms with E-state index < -0.39 is 40.4 Å². The maximum absolute atomic E-state index is 14.1. The molecule has 3 heterocycles. The van der Waals surface area contributed by atoms with Gasteiger partial charge in [0.1, 0.15) is 5.56 Å². The van der Waals surface area contributed by atoms with Crippen molar-refractivity contribution in [2.45, 2.75) is 0 Å². The lowest BCUT2D eigenvalue weighted by Crippen LogP contribution is -2.12. The van der Waals surface area contributed by atoms with Crippen molar-refractivity contribution in [2.24, 2.45) is 0 Å². The van der Waals surface area contributed by atoms with Crippen molar-refractivity contribution < 1.29 is 31.5 Å². The maximum Gasteiger partial charge on any atom is 0.209 e. The summed E-state index contributed by atoms with van der Waals surface area (Å²) in [7, 11) is 0. The standard InChI is InChI=1S/C22H7F5O2S3/c23-14-13(15(24)17(26)18(27)16(14)25)20(29)10-7-12-22(32-10)21-11(30-12)6-9(31-21)19(28)8-4-2-1-3-5-8/h1-7H. The third-order valence-corrected chi connectivity index (χ3v) is 8.52. The molecule has 0 radical (unpaired) electrons. The van der Waals surface area contributed by atoms with Gasteiger partial charge in [0, 0.05) is 15.0 Å². The highest BCUT2D eigenvalue weighted by Crippen LogP contribution is 2.44. The van der Waals surface area contributed by atoms with Crippen molar-refractivity contribution in [3.63, 3.8) is 0 Å². The van der Waals surface area contributed by atoms with Crippen molar-refractivity contribution in [3.05, 3.63) is 92.4 Å². The molecule has 0 aliphatic carbocycles. The lowest BCUT2D eigenvalue weighted by molar-refractivity contribution is 0.102. The zero-order valence-electron chi connectivity index (χ0n) is 15.5. The molecular formula is C22H7F5O2S3. The molecule has 10 heteroatoms. The van der Waals surface area contributed by atoms with Crippen LogP contribution in [0.2, 0.25) is 0 Å². The monoisotopic (exact) mass is 494 g/mol. The van der Waals surface area contributed by atoms with Gasteiger partial charge in [0.15, 0.2) is 23.3 Å². The SMILES string of the molecule is O=C(c1ccccc1)c1cc2sc3cc(C(=O)c4c(F)c(F)c(F)c(F)c4F)sc3c2s1. The van der Waals surface area contributed by atoms with Crippen LogP contribution in [-0.2, 0) is 0 Å². The van der Waals surface area contributed by atoms with Crippen LogP contribution in [-0.4, -0.2) is 11.6 Å². The third kappa shape index (κ3) is 3.09. The van der Waals surface area contributed by atoms with Crippen LogP contribution >= 0.6 is 34.0 Å². The molecule has 0 aliphatic rings. The van der Waals surface area contributed by atoms with Gasteiger partial charge in [-0.2, -0.15) is 0 Å². The Labute approximate surface area is 188 Å². The topological polar surface area (TPSA) is 34.1 Å². The molecule has 0 fully saturated rings. The minimum atomic E-state index is -2.32. The Kier molecular flexibility index (Phi) is 4.95. The highest BCUT2D eigenvalue weighted by atomic mass is 32.1. The molecule has 0 saturated carbocycles. The molecule has 0 aliphatic heterocycles. The zero-order chi connectivity index (χ0) is 22.7. The van der Waals surface area contributed by atoms with Gasteiger partial charge < -0.3 is 0 Å². The van der Waals surface area contributed by atoms with Crippen molar-refractivity contribution in [1.82, 2.24) is 0 Å². The molecule has 160 valence electrons. The Balaban J connectivity index is 1.58. The summed E-state index contributed by atoms with van der Waals surface area (Å²) in [5.41, 5.74) is -0.969. The van der Waals surface area contributed by atoms with E-state index >= 15 is 0 Å². The molecule has 0 N–H and O–H groups in total. The highest BCUT2D eigenvalue weighted by molar-refractivity contribution is 7.39. The van der Waals surface area contributed by atoms with Gasteiger partial charge in [-0.05, 0) is 12.1 Å². The predicted octanol–water partition coefficient (Wildman–Crippen LogP) is 7.34. The Morgan fingerprint density at radius 1 is 0.594 bits per heavy atom. The van der Waals surface area contributed by atoms with Gasteiger partial charge in [-0.15, -0.1) is 34.0 Å². The van der Waals surface area contributed by atoms with Crippen LogP contribution in [0.4, 0.5) is 22.0 Å². The summed E-state index contributed by atoms with van der Waals surface area (Å²) in [5.74, 6) is -12.5. The van der Waals surface area contributed by atoms with Crippen LogP contribution < -0.4 is 0 Å². The fourth-order valence-electron chi connectivity index (χ4n) is 3.22. The van der Waals surface area contributed by atoms with Crippen molar-refractivity contribution in [3.8, 4) is 0 Å². The molecule has 2 nitrogen and oxygen atoms in total. The van der Waals surface area contributed by atoms with E-state index in [1.54, 1.807) is 36.4 Å². The first-order chi connectivity index (χ1) is 15.3. The van der Waals surface area contributed by atoms with Gasteiger partial charge in [-0.3, -0.25) is 9.59 Å². The van der Waals surface area contributed by atoms with E-state index in [2.05, 4.69) is 0 Å². The molecule has 2 aromatic carbocycles. The number of hydrogen-bond acceptors (Lipinski definition) is 5. The van der Waals surface area contributed by atoms with Crippen molar-refractivity contribution in [2.75, 3.05) is 0 Å². The van der Waals surface area contributed by atoms with Gasteiger partial charge in [0.2, 0.25) is 17.4 Å². The molecule has 0 unspecified atom stereocenters. The summed E-state index contributed by atoms with van der Waals surface area (Å²) in [5, 5.41) is 0. The molecule has 5 rings (SSSR count). The zero-order valence-corrected chi connectivity index (χ0v) is 17.9. The summed E-state index contributed by atoms with van der Waals surface area (Å²) < 4.78 is 71.2. The highest BCUT2D eigenvalue weighted by Gasteiger charge is 2.31. The van der Waals surface area contributed by atoms with Crippen LogP contribution in [0.25, 0.3) is 18.8 Å². The van der Waals surface area contributed by atoms with Crippen molar-refractivity contribution >= 4 is 64.4 Å². The molecule has 0 atom stereocenters. The van der Waals surface area contributed by atoms with E-state index in [0.717, 1.165) is 16.0 Å². The van der Waals surface area contributed by atoms with Gasteiger partial charge in [0.05, 0.1) is 19.2 Å². The molecule has 5 aromatic rings. The normalized spacial score (nSPS) is 11.5. The van der Waals surface area contributed by atoms with E-state index in [0.29, 0.717) is 24.5 Å². The summed E-state index contributed by atoms with van der Waals surface area (Å²) in [6.07, 6.45) is 0. The van der Waals surface area contributed by atoms with Crippen LogP contribution in [0.3, 0.4) is 0 Å².